The van der Waals surface area contributed by atoms with Crippen molar-refractivity contribution < 1.29 is 32.2 Å². The molecule has 2 aromatic carbocycles. The number of ether oxygens (including phenoxy) is 3. The van der Waals surface area contributed by atoms with Crippen LogP contribution in [0.15, 0.2) is 47.4 Å². The quantitative estimate of drug-likeness (QED) is 0.483. The van der Waals surface area contributed by atoms with E-state index >= 15 is 0 Å². The number of hydrogen-bond donors (Lipinski definition) is 1. The molecular formula is C21H24N2O7S. The fourth-order valence-electron chi connectivity index (χ4n) is 3.15. The normalized spacial score (nSPS) is 13.7. The number of para-hydroxylation sites is 1. The topological polar surface area (TPSA) is 125 Å². The van der Waals surface area contributed by atoms with Gasteiger partial charge in [0.1, 0.15) is 10.6 Å². The number of sulfonamides is 1. The zero-order valence-corrected chi connectivity index (χ0v) is 17.9. The molecule has 0 spiro atoms. The second-order valence-corrected chi connectivity index (χ2v) is 8.43. The van der Waals surface area contributed by atoms with Crippen molar-refractivity contribution >= 4 is 27.6 Å². The molecule has 0 amide bonds. The molecule has 0 bridgehead atoms. The highest BCUT2D eigenvalue weighted by Gasteiger charge is 2.28. The lowest BCUT2D eigenvalue weighted by Gasteiger charge is -2.24. The summed E-state index contributed by atoms with van der Waals surface area (Å²) in [6.07, 6.45) is 1.96. The summed E-state index contributed by atoms with van der Waals surface area (Å²) in [7, 11) is -4.24. The van der Waals surface area contributed by atoms with Crippen molar-refractivity contribution in [3.63, 3.8) is 0 Å². The maximum absolute atomic E-state index is 12.5. The Morgan fingerprint density at radius 1 is 1.06 bits per heavy atom. The maximum atomic E-state index is 12.5. The van der Waals surface area contributed by atoms with Crippen LogP contribution in [0.4, 0.5) is 5.69 Å². The molecule has 0 saturated carbocycles. The Labute approximate surface area is 180 Å². The first-order valence-electron chi connectivity index (χ1n) is 9.81. The van der Waals surface area contributed by atoms with Crippen LogP contribution < -0.4 is 14.8 Å². The van der Waals surface area contributed by atoms with Crippen molar-refractivity contribution in [3.05, 3.63) is 48.0 Å². The lowest BCUT2D eigenvalue weighted by Crippen LogP contribution is -2.22. The Balaban J connectivity index is 2.02. The van der Waals surface area contributed by atoms with E-state index < -0.39 is 28.8 Å². The molecule has 1 aliphatic rings. The fourth-order valence-corrected chi connectivity index (χ4v) is 3.85. The second-order valence-electron chi connectivity index (χ2n) is 6.90. The number of carbonyl (C=O) groups is 2. The average molecular weight is 448 g/mol. The molecule has 1 aliphatic heterocycles. The number of primary sulfonamides is 1. The van der Waals surface area contributed by atoms with Gasteiger partial charge >= 0.3 is 11.9 Å². The number of anilines is 1. The van der Waals surface area contributed by atoms with Gasteiger partial charge in [-0.25, -0.2) is 18.4 Å². The number of nitrogens with zero attached hydrogens (tertiary/aromatic N) is 1. The minimum Gasteiger partial charge on any atom is -0.454 e. The second kappa shape index (κ2) is 9.80. The third kappa shape index (κ3) is 5.74. The van der Waals surface area contributed by atoms with Crippen LogP contribution in [0.2, 0.25) is 0 Å². The van der Waals surface area contributed by atoms with Gasteiger partial charge in [-0.05, 0) is 37.1 Å². The van der Waals surface area contributed by atoms with E-state index in [0.29, 0.717) is 24.5 Å². The van der Waals surface area contributed by atoms with Gasteiger partial charge in [-0.3, -0.25) is 4.79 Å². The van der Waals surface area contributed by atoms with Crippen LogP contribution >= 0.6 is 0 Å². The molecular weight excluding hydrogens is 424 g/mol. The molecule has 1 fully saturated rings. The molecule has 166 valence electrons. The van der Waals surface area contributed by atoms with Crippen LogP contribution in [0.3, 0.4) is 0 Å². The number of esters is 2. The van der Waals surface area contributed by atoms with Gasteiger partial charge in [0.05, 0.1) is 11.3 Å². The predicted molar refractivity (Wildman–Crippen MR) is 112 cm³/mol. The SMILES string of the molecule is CCC(=O)OCOC(=O)c1cc(N2CCCC2)c(Oc2ccccc2)c(S(N)(=O)=O)c1. The van der Waals surface area contributed by atoms with E-state index in [4.69, 9.17) is 19.3 Å². The largest absolute Gasteiger partial charge is 0.454 e. The standard InChI is InChI=1S/C21H24N2O7S/c1-2-19(24)28-14-29-21(25)15-12-17(23-10-6-7-11-23)20(18(13-15)31(22,26)27)30-16-8-4-3-5-9-16/h3-5,8-9,12-13H,2,6-7,10-11,14H2,1H3,(H2,22,26,27). The van der Waals surface area contributed by atoms with E-state index in [-0.39, 0.29) is 22.6 Å². The summed E-state index contributed by atoms with van der Waals surface area (Å²) < 4.78 is 40.4. The molecule has 0 aromatic heterocycles. The number of carbonyl (C=O) groups excluding carboxylic acids is 2. The van der Waals surface area contributed by atoms with Crippen molar-refractivity contribution in [1.82, 2.24) is 0 Å². The Hall–Kier alpha value is -3.11. The van der Waals surface area contributed by atoms with E-state index in [1.54, 1.807) is 37.3 Å². The summed E-state index contributed by atoms with van der Waals surface area (Å²) in [4.78, 5) is 25.3. The Morgan fingerprint density at radius 3 is 2.35 bits per heavy atom. The van der Waals surface area contributed by atoms with Gasteiger partial charge in [0, 0.05) is 19.5 Å². The molecule has 0 atom stereocenters. The van der Waals surface area contributed by atoms with E-state index in [1.165, 1.54) is 6.07 Å². The van der Waals surface area contributed by atoms with E-state index in [2.05, 4.69) is 0 Å². The smallest absolute Gasteiger partial charge is 0.341 e. The summed E-state index contributed by atoms with van der Waals surface area (Å²) in [6, 6.07) is 11.3. The first kappa shape index (κ1) is 22.6. The van der Waals surface area contributed by atoms with Gasteiger partial charge in [-0.15, -0.1) is 0 Å². The molecule has 3 rings (SSSR count). The predicted octanol–water partition coefficient (Wildman–Crippen LogP) is 2.79. The van der Waals surface area contributed by atoms with Gasteiger partial charge in [0.2, 0.25) is 16.8 Å². The fraction of sp³-hybridized carbons (Fsp3) is 0.333. The highest BCUT2D eigenvalue weighted by atomic mass is 32.2. The van der Waals surface area contributed by atoms with Crippen LogP contribution in [0.25, 0.3) is 0 Å². The minimum absolute atomic E-state index is 0.0427. The van der Waals surface area contributed by atoms with Gasteiger partial charge < -0.3 is 19.1 Å². The summed E-state index contributed by atoms with van der Waals surface area (Å²) in [5.74, 6) is -0.901. The summed E-state index contributed by atoms with van der Waals surface area (Å²) >= 11 is 0. The highest BCUT2D eigenvalue weighted by Crippen LogP contribution is 2.40. The molecule has 2 aromatic rings. The maximum Gasteiger partial charge on any atom is 0.341 e. The van der Waals surface area contributed by atoms with Crippen LogP contribution in [0.1, 0.15) is 36.5 Å². The Kier molecular flexibility index (Phi) is 7.13. The lowest BCUT2D eigenvalue weighted by atomic mass is 10.1. The van der Waals surface area contributed by atoms with Crippen molar-refractivity contribution in [1.29, 1.82) is 0 Å². The van der Waals surface area contributed by atoms with Gasteiger partial charge in [0.25, 0.3) is 0 Å². The first-order valence-corrected chi connectivity index (χ1v) is 11.4. The molecule has 2 N–H and O–H groups in total. The van der Waals surface area contributed by atoms with Crippen LogP contribution in [-0.2, 0) is 24.3 Å². The van der Waals surface area contributed by atoms with Crippen molar-refractivity contribution in [2.75, 3.05) is 24.8 Å². The minimum atomic E-state index is -4.24. The zero-order chi connectivity index (χ0) is 22.4. The molecule has 1 saturated heterocycles. The van der Waals surface area contributed by atoms with Crippen molar-refractivity contribution in [2.24, 2.45) is 5.14 Å². The van der Waals surface area contributed by atoms with Gasteiger partial charge in [0.15, 0.2) is 5.75 Å². The molecule has 10 heteroatoms. The number of hydrogen-bond acceptors (Lipinski definition) is 8. The third-order valence-corrected chi connectivity index (χ3v) is 5.60. The number of nitrogens with two attached hydrogens (primary N) is 1. The molecule has 0 unspecified atom stereocenters. The van der Waals surface area contributed by atoms with E-state index in [9.17, 15) is 18.0 Å². The van der Waals surface area contributed by atoms with Crippen LogP contribution in [-0.4, -0.2) is 40.2 Å². The molecule has 31 heavy (non-hydrogen) atoms. The Morgan fingerprint density at radius 2 is 1.74 bits per heavy atom. The molecule has 9 nitrogen and oxygen atoms in total. The summed E-state index contributed by atoms with van der Waals surface area (Å²) in [5.41, 5.74) is 0.379. The number of benzene rings is 2. The zero-order valence-electron chi connectivity index (χ0n) is 17.1. The van der Waals surface area contributed by atoms with Gasteiger partial charge in [-0.2, -0.15) is 0 Å². The van der Waals surface area contributed by atoms with Crippen LogP contribution in [0, 0.1) is 0 Å². The van der Waals surface area contributed by atoms with Crippen LogP contribution in [0.5, 0.6) is 11.5 Å². The van der Waals surface area contributed by atoms with Crippen molar-refractivity contribution in [3.8, 4) is 11.5 Å². The van der Waals surface area contributed by atoms with Gasteiger partial charge in [-0.1, -0.05) is 25.1 Å². The average Bonchev–Trinajstić information content (AvgIpc) is 3.28. The van der Waals surface area contributed by atoms with E-state index in [0.717, 1.165) is 18.9 Å². The number of rotatable bonds is 8. The van der Waals surface area contributed by atoms with E-state index in [1.807, 2.05) is 4.90 Å². The highest BCUT2D eigenvalue weighted by molar-refractivity contribution is 7.89. The summed E-state index contributed by atoms with van der Waals surface area (Å²) in [5, 5.41) is 5.46. The molecule has 0 radical (unpaired) electrons. The summed E-state index contributed by atoms with van der Waals surface area (Å²) in [6.45, 7) is 2.37. The monoisotopic (exact) mass is 448 g/mol. The molecule has 0 aliphatic carbocycles. The van der Waals surface area contributed by atoms with Crippen molar-refractivity contribution in [2.45, 2.75) is 31.1 Å². The molecule has 1 heterocycles. The first-order chi connectivity index (χ1) is 14.8. The lowest BCUT2D eigenvalue weighted by molar-refractivity contribution is -0.151. The third-order valence-electron chi connectivity index (χ3n) is 4.69. The Bertz CT molecular complexity index is 1050.